The van der Waals surface area contributed by atoms with Crippen LogP contribution < -0.4 is 5.73 Å². The standard InChI is InChI=1S/C61H96NO8P/c1-3-5-7-9-11-13-15-17-18-19-20-21-22-23-24-25-26-27-28-29-30-31-32-33-34-35-36-37-38-39-40-42-44-46-48-50-52-54-61(64)70-59(58-69-71(65,66)68-56-55-62)57-67-60(63)53-51-49-47-45-43-41-16-14-12-10-8-6-4-2/h5-8,11-14,17-18,20-21,23-24,26-27,29-30,32-33,35-36,38-39,41,43,59H,3-4,9-10,15-16,19,22,25,28,31,34,37,40,42,44-58,62H2,1-2H3,(H,65,66)/b7-5-,8-6-,13-11-,14-12-,18-17-,21-20-,24-23-,27-26-,30-29-,33-32-,36-35-,39-38-,43-41-. The van der Waals surface area contributed by atoms with Gasteiger partial charge in [0.25, 0.3) is 0 Å². The van der Waals surface area contributed by atoms with Crippen LogP contribution in [0.15, 0.2) is 158 Å². The molecule has 0 rings (SSSR count). The monoisotopic (exact) mass is 1000 g/mol. The first-order valence-corrected chi connectivity index (χ1v) is 28.5. The fourth-order valence-corrected chi connectivity index (χ4v) is 7.26. The highest BCUT2D eigenvalue weighted by molar-refractivity contribution is 7.47. The lowest BCUT2D eigenvalue weighted by Crippen LogP contribution is -2.29. The van der Waals surface area contributed by atoms with Crippen LogP contribution in [-0.4, -0.2) is 49.3 Å². The van der Waals surface area contributed by atoms with Gasteiger partial charge in [0.1, 0.15) is 6.61 Å². The number of allylic oxidation sites excluding steroid dienone is 26. The van der Waals surface area contributed by atoms with Gasteiger partial charge < -0.3 is 20.1 Å². The largest absolute Gasteiger partial charge is 0.472 e. The van der Waals surface area contributed by atoms with Gasteiger partial charge in [-0.1, -0.05) is 204 Å². The van der Waals surface area contributed by atoms with Crippen molar-refractivity contribution in [1.29, 1.82) is 0 Å². The second-order valence-corrected chi connectivity index (χ2v) is 18.4. The van der Waals surface area contributed by atoms with E-state index in [1.165, 1.54) is 0 Å². The van der Waals surface area contributed by atoms with Crippen molar-refractivity contribution in [2.45, 2.75) is 187 Å². The maximum Gasteiger partial charge on any atom is 0.472 e. The Hall–Kier alpha value is -4.37. The molecule has 0 amide bonds. The third-order valence-corrected chi connectivity index (χ3v) is 11.4. The van der Waals surface area contributed by atoms with E-state index in [9.17, 15) is 19.0 Å². The van der Waals surface area contributed by atoms with Gasteiger partial charge >= 0.3 is 19.8 Å². The molecule has 0 aromatic carbocycles. The number of esters is 2. The fourth-order valence-electron chi connectivity index (χ4n) is 6.50. The van der Waals surface area contributed by atoms with Crippen molar-refractivity contribution in [1.82, 2.24) is 0 Å². The molecule has 0 spiro atoms. The second kappa shape index (κ2) is 55.0. The molecule has 0 bridgehead atoms. The number of hydrogen-bond acceptors (Lipinski definition) is 8. The molecule has 0 aromatic heterocycles. The first kappa shape index (κ1) is 66.6. The Morgan fingerprint density at radius 1 is 0.423 bits per heavy atom. The van der Waals surface area contributed by atoms with Crippen molar-refractivity contribution < 1.29 is 37.6 Å². The van der Waals surface area contributed by atoms with Gasteiger partial charge in [0, 0.05) is 19.4 Å². The Labute approximate surface area is 432 Å². The Bertz CT molecular complexity index is 1710. The van der Waals surface area contributed by atoms with Crippen LogP contribution in [0.1, 0.15) is 181 Å². The molecule has 2 unspecified atom stereocenters. The normalized spacial score (nSPS) is 14.4. The van der Waals surface area contributed by atoms with Gasteiger partial charge in [-0.2, -0.15) is 0 Å². The van der Waals surface area contributed by atoms with Gasteiger partial charge in [-0.3, -0.25) is 18.6 Å². The lowest BCUT2D eigenvalue weighted by molar-refractivity contribution is -0.161. The molecule has 10 heteroatoms. The number of phosphoric ester groups is 1. The van der Waals surface area contributed by atoms with Gasteiger partial charge in [-0.15, -0.1) is 0 Å². The fraction of sp³-hybridized carbons (Fsp3) is 0.541. The van der Waals surface area contributed by atoms with E-state index >= 15 is 0 Å². The Balaban J connectivity index is 4.07. The van der Waals surface area contributed by atoms with E-state index in [0.717, 1.165) is 141 Å². The lowest BCUT2D eigenvalue weighted by atomic mass is 10.1. The van der Waals surface area contributed by atoms with E-state index in [1.54, 1.807) is 0 Å². The third kappa shape index (κ3) is 54.8. The molecular formula is C61H96NO8P. The topological polar surface area (TPSA) is 134 Å². The van der Waals surface area contributed by atoms with Gasteiger partial charge in [0.05, 0.1) is 13.2 Å². The van der Waals surface area contributed by atoms with E-state index < -0.39 is 32.5 Å². The second-order valence-electron chi connectivity index (χ2n) is 17.0. The summed E-state index contributed by atoms with van der Waals surface area (Å²) in [4.78, 5) is 35.0. The molecule has 0 radical (unpaired) electrons. The average molecular weight is 1000 g/mol. The first-order valence-electron chi connectivity index (χ1n) is 27.0. The highest BCUT2D eigenvalue weighted by Crippen LogP contribution is 2.43. The number of phosphoric acid groups is 1. The SMILES string of the molecule is CC/C=C\C/C=C\C/C=C\C/C=C\C/C=C\C/C=C\C/C=C\C/C=C\C/C=C\C/C=C\CCCCCCCCC(=O)OC(COC(=O)CCCCC/C=C\C/C=C\C/C=C\CC)COP(=O)(O)OCCN. The van der Waals surface area contributed by atoms with Crippen LogP contribution in [-0.2, 0) is 32.7 Å². The van der Waals surface area contributed by atoms with Crippen molar-refractivity contribution in [2.24, 2.45) is 5.73 Å². The summed E-state index contributed by atoms with van der Waals surface area (Å²) in [6, 6.07) is 0. The summed E-state index contributed by atoms with van der Waals surface area (Å²) in [5.74, 6) is -0.896. The molecule has 0 saturated carbocycles. The quantitative estimate of drug-likeness (QED) is 0.0264. The predicted octanol–water partition coefficient (Wildman–Crippen LogP) is 16.9. The Morgan fingerprint density at radius 3 is 1.10 bits per heavy atom. The molecule has 0 saturated heterocycles. The molecule has 71 heavy (non-hydrogen) atoms. The van der Waals surface area contributed by atoms with Crippen molar-refractivity contribution >= 4 is 19.8 Å². The minimum atomic E-state index is -4.40. The van der Waals surface area contributed by atoms with E-state index in [4.69, 9.17) is 24.3 Å². The summed E-state index contributed by atoms with van der Waals surface area (Å²) in [5.41, 5.74) is 5.36. The van der Waals surface area contributed by atoms with Crippen molar-refractivity contribution in [3.8, 4) is 0 Å². The summed E-state index contributed by atoms with van der Waals surface area (Å²) in [6.45, 7) is 3.42. The van der Waals surface area contributed by atoms with Crippen LogP contribution in [0.5, 0.6) is 0 Å². The molecule has 0 aliphatic carbocycles. The van der Waals surface area contributed by atoms with Crippen LogP contribution in [0.4, 0.5) is 0 Å². The molecule has 0 fully saturated rings. The van der Waals surface area contributed by atoms with E-state index in [1.807, 2.05) is 0 Å². The molecule has 0 heterocycles. The van der Waals surface area contributed by atoms with E-state index in [-0.39, 0.29) is 32.6 Å². The summed E-state index contributed by atoms with van der Waals surface area (Å²) in [7, 11) is -4.40. The van der Waals surface area contributed by atoms with Crippen molar-refractivity contribution in [2.75, 3.05) is 26.4 Å². The Morgan fingerprint density at radius 2 is 0.732 bits per heavy atom. The zero-order chi connectivity index (χ0) is 51.7. The van der Waals surface area contributed by atoms with Crippen molar-refractivity contribution in [3.05, 3.63) is 158 Å². The maximum atomic E-state index is 12.7. The van der Waals surface area contributed by atoms with Gasteiger partial charge in [-0.25, -0.2) is 4.57 Å². The smallest absolute Gasteiger partial charge is 0.462 e. The predicted molar refractivity (Wildman–Crippen MR) is 302 cm³/mol. The summed E-state index contributed by atoms with van der Waals surface area (Å²) in [6.07, 6.45) is 80.2. The summed E-state index contributed by atoms with van der Waals surface area (Å²) < 4.78 is 32.8. The van der Waals surface area contributed by atoms with E-state index in [2.05, 4.69) is 172 Å². The molecule has 2 atom stereocenters. The van der Waals surface area contributed by atoms with Crippen LogP contribution in [0.3, 0.4) is 0 Å². The minimum absolute atomic E-state index is 0.0377. The zero-order valence-corrected chi connectivity index (χ0v) is 45.0. The number of ether oxygens (including phenoxy) is 2. The van der Waals surface area contributed by atoms with Crippen LogP contribution in [0.25, 0.3) is 0 Å². The van der Waals surface area contributed by atoms with Crippen LogP contribution >= 0.6 is 7.82 Å². The summed E-state index contributed by atoms with van der Waals surface area (Å²) >= 11 is 0. The first-order chi connectivity index (χ1) is 34.8. The molecule has 0 aliphatic heterocycles. The number of hydrogen-bond donors (Lipinski definition) is 2. The van der Waals surface area contributed by atoms with Crippen LogP contribution in [0, 0.1) is 0 Å². The minimum Gasteiger partial charge on any atom is -0.462 e. The highest BCUT2D eigenvalue weighted by Gasteiger charge is 2.26. The third-order valence-electron chi connectivity index (χ3n) is 10.4. The van der Waals surface area contributed by atoms with Gasteiger partial charge in [0.15, 0.2) is 6.10 Å². The van der Waals surface area contributed by atoms with Gasteiger partial charge in [-0.05, 0) is 122 Å². The number of unbranched alkanes of at least 4 members (excludes halogenated alkanes) is 9. The summed E-state index contributed by atoms with van der Waals surface area (Å²) in [5, 5.41) is 0. The highest BCUT2D eigenvalue weighted by atomic mass is 31.2. The molecule has 3 N–H and O–H groups in total. The number of carbonyl (C=O) groups is 2. The average Bonchev–Trinajstić information content (AvgIpc) is 3.36. The molecule has 0 aromatic rings. The number of nitrogens with two attached hydrogens (primary N) is 1. The molecular weight excluding hydrogens is 906 g/mol. The number of rotatable bonds is 48. The molecule has 9 nitrogen and oxygen atoms in total. The van der Waals surface area contributed by atoms with Crippen molar-refractivity contribution in [3.63, 3.8) is 0 Å². The van der Waals surface area contributed by atoms with E-state index in [0.29, 0.717) is 12.8 Å². The molecule has 398 valence electrons. The maximum absolute atomic E-state index is 12.7. The van der Waals surface area contributed by atoms with Gasteiger partial charge in [0.2, 0.25) is 0 Å². The number of carbonyl (C=O) groups excluding carboxylic acids is 2. The Kier molecular flexibility index (Phi) is 51.6. The zero-order valence-electron chi connectivity index (χ0n) is 44.1. The van der Waals surface area contributed by atoms with Crippen LogP contribution in [0.2, 0.25) is 0 Å². The lowest BCUT2D eigenvalue weighted by Gasteiger charge is -2.19. The molecule has 0 aliphatic rings.